The summed E-state index contributed by atoms with van der Waals surface area (Å²) >= 11 is 0. The molecule has 1 aliphatic rings. The van der Waals surface area contributed by atoms with E-state index >= 15 is 0 Å². The molecule has 114 valence electrons. The predicted octanol–water partition coefficient (Wildman–Crippen LogP) is 2.48. The van der Waals surface area contributed by atoms with Gasteiger partial charge in [-0.2, -0.15) is 0 Å². The minimum absolute atomic E-state index is 0.204. The third kappa shape index (κ3) is 1.73. The lowest BCUT2D eigenvalue weighted by atomic mass is 9.92. The molecule has 2 aromatic carbocycles. The first-order chi connectivity index (χ1) is 10.5. The molecular formula is C16H14O6. The molecule has 0 bridgehead atoms. The van der Waals surface area contributed by atoms with Gasteiger partial charge in [0.2, 0.25) is 0 Å². The molecule has 0 saturated heterocycles. The zero-order valence-electron chi connectivity index (χ0n) is 12.6. The average Bonchev–Trinajstić information content (AvgIpc) is 2.51. The smallest absolute Gasteiger partial charge is 0.350 e. The number of carbonyl (C=O) groups excluding carboxylic acids is 2. The highest BCUT2D eigenvalue weighted by Crippen LogP contribution is 2.45. The van der Waals surface area contributed by atoms with Crippen molar-refractivity contribution >= 4 is 22.7 Å². The van der Waals surface area contributed by atoms with Crippen LogP contribution in [0.2, 0.25) is 0 Å². The van der Waals surface area contributed by atoms with Crippen LogP contribution in [0.3, 0.4) is 0 Å². The van der Waals surface area contributed by atoms with E-state index in [9.17, 15) is 9.59 Å². The van der Waals surface area contributed by atoms with Crippen LogP contribution in [0.5, 0.6) is 17.2 Å². The lowest BCUT2D eigenvalue weighted by molar-refractivity contribution is 0.0387. The fraction of sp³-hybridized carbons (Fsp3) is 0.250. The summed E-state index contributed by atoms with van der Waals surface area (Å²) in [6.07, 6.45) is 0. The summed E-state index contributed by atoms with van der Waals surface area (Å²) < 4.78 is 20.7. The van der Waals surface area contributed by atoms with Crippen LogP contribution >= 0.6 is 0 Å². The molecule has 1 heterocycles. The molecular weight excluding hydrogens is 288 g/mol. The van der Waals surface area contributed by atoms with Gasteiger partial charge in [0.1, 0.15) is 28.4 Å². The van der Waals surface area contributed by atoms with Crippen molar-refractivity contribution in [2.24, 2.45) is 0 Å². The van der Waals surface area contributed by atoms with Crippen molar-refractivity contribution in [1.29, 1.82) is 0 Å². The summed E-state index contributed by atoms with van der Waals surface area (Å²) in [6, 6.07) is 3.32. The van der Waals surface area contributed by atoms with E-state index in [-0.39, 0.29) is 16.9 Å². The quantitative estimate of drug-likeness (QED) is 0.641. The van der Waals surface area contributed by atoms with Crippen molar-refractivity contribution in [2.75, 3.05) is 21.3 Å². The minimum Gasteiger partial charge on any atom is -0.496 e. The first-order valence-electron chi connectivity index (χ1n) is 6.56. The van der Waals surface area contributed by atoms with E-state index in [4.69, 9.17) is 18.9 Å². The van der Waals surface area contributed by atoms with Gasteiger partial charge in [-0.05, 0) is 18.6 Å². The number of rotatable bonds is 3. The normalized spacial score (nSPS) is 13.1. The Kier molecular flexibility index (Phi) is 3.16. The highest BCUT2D eigenvalue weighted by Gasteiger charge is 2.35. The summed E-state index contributed by atoms with van der Waals surface area (Å²) in [6.45, 7) is 1.85. The van der Waals surface area contributed by atoms with Gasteiger partial charge in [-0.1, -0.05) is 0 Å². The standard InChI is InChI=1S/C16H14O6/c1-7-5-8(19-2)12-14-11(7)9(20-3)6-10(21-4)13(14)16(18)22-15(12)17/h5-6H,1-4H3. The van der Waals surface area contributed by atoms with Gasteiger partial charge in [-0.15, -0.1) is 0 Å². The van der Waals surface area contributed by atoms with Crippen molar-refractivity contribution in [3.05, 3.63) is 28.8 Å². The molecule has 0 amide bonds. The van der Waals surface area contributed by atoms with E-state index in [2.05, 4.69) is 0 Å². The third-order valence-corrected chi connectivity index (χ3v) is 3.75. The highest BCUT2D eigenvalue weighted by molar-refractivity contribution is 6.24. The molecule has 0 fully saturated rings. The molecule has 2 aromatic rings. The monoisotopic (exact) mass is 302 g/mol. The van der Waals surface area contributed by atoms with E-state index in [0.29, 0.717) is 22.3 Å². The lowest BCUT2D eigenvalue weighted by Crippen LogP contribution is -2.21. The Morgan fingerprint density at radius 2 is 1.27 bits per heavy atom. The Hall–Kier alpha value is -2.76. The third-order valence-electron chi connectivity index (χ3n) is 3.75. The zero-order valence-corrected chi connectivity index (χ0v) is 12.6. The SMILES string of the molecule is COc1cc(C)c2c(OC)cc(OC)c3c2c1C(=O)OC3=O. The Bertz CT molecular complexity index is 801. The van der Waals surface area contributed by atoms with Crippen LogP contribution in [0, 0.1) is 6.92 Å². The molecule has 0 unspecified atom stereocenters. The minimum atomic E-state index is -0.741. The molecule has 22 heavy (non-hydrogen) atoms. The van der Waals surface area contributed by atoms with E-state index < -0.39 is 11.9 Å². The number of ether oxygens (including phenoxy) is 4. The number of methoxy groups -OCH3 is 3. The second-order valence-electron chi connectivity index (χ2n) is 4.85. The van der Waals surface area contributed by atoms with Crippen molar-refractivity contribution in [1.82, 2.24) is 0 Å². The van der Waals surface area contributed by atoms with Gasteiger partial charge < -0.3 is 18.9 Å². The van der Waals surface area contributed by atoms with E-state index in [1.54, 1.807) is 12.1 Å². The fourth-order valence-corrected chi connectivity index (χ4v) is 2.82. The van der Waals surface area contributed by atoms with Gasteiger partial charge >= 0.3 is 11.9 Å². The topological polar surface area (TPSA) is 71.1 Å². The van der Waals surface area contributed by atoms with Gasteiger partial charge in [-0.3, -0.25) is 0 Å². The Morgan fingerprint density at radius 3 is 1.77 bits per heavy atom. The summed E-state index contributed by atoms with van der Waals surface area (Å²) in [5.74, 6) is -0.335. The van der Waals surface area contributed by atoms with Crippen molar-refractivity contribution in [3.8, 4) is 17.2 Å². The highest BCUT2D eigenvalue weighted by atomic mass is 16.6. The molecule has 0 atom stereocenters. The van der Waals surface area contributed by atoms with Gasteiger partial charge in [-0.25, -0.2) is 9.59 Å². The van der Waals surface area contributed by atoms with Gasteiger partial charge in [0.15, 0.2) is 0 Å². The Labute approximate surface area is 126 Å². The van der Waals surface area contributed by atoms with E-state index in [1.807, 2.05) is 6.92 Å². The number of cyclic esters (lactones) is 2. The molecule has 0 saturated carbocycles. The maximum atomic E-state index is 12.2. The van der Waals surface area contributed by atoms with Gasteiger partial charge in [0.05, 0.1) is 21.3 Å². The maximum absolute atomic E-state index is 12.2. The largest absolute Gasteiger partial charge is 0.496 e. The predicted molar refractivity (Wildman–Crippen MR) is 78.1 cm³/mol. The summed E-state index contributed by atoms with van der Waals surface area (Å²) in [5.41, 5.74) is 1.23. The molecule has 0 N–H and O–H groups in total. The molecule has 6 nitrogen and oxygen atoms in total. The van der Waals surface area contributed by atoms with Crippen LogP contribution in [-0.2, 0) is 4.74 Å². The molecule has 0 radical (unpaired) electrons. The van der Waals surface area contributed by atoms with Crippen LogP contribution < -0.4 is 14.2 Å². The average molecular weight is 302 g/mol. The second kappa shape index (κ2) is 4.91. The number of carbonyl (C=O) groups is 2. The Balaban J connectivity index is 2.62. The lowest BCUT2D eigenvalue weighted by Gasteiger charge is -2.22. The molecule has 0 spiro atoms. The zero-order chi connectivity index (χ0) is 16.0. The van der Waals surface area contributed by atoms with Crippen LogP contribution in [0.15, 0.2) is 12.1 Å². The van der Waals surface area contributed by atoms with Crippen LogP contribution in [0.1, 0.15) is 26.3 Å². The van der Waals surface area contributed by atoms with Crippen molar-refractivity contribution in [2.45, 2.75) is 6.92 Å². The molecule has 1 aliphatic heterocycles. The van der Waals surface area contributed by atoms with Crippen LogP contribution in [-0.4, -0.2) is 33.3 Å². The first kappa shape index (κ1) is 14.2. The number of benzene rings is 2. The molecule has 6 heteroatoms. The summed E-state index contributed by atoms with van der Waals surface area (Å²) in [7, 11) is 4.41. The Morgan fingerprint density at radius 1 is 0.773 bits per heavy atom. The molecule has 0 aromatic heterocycles. The second-order valence-corrected chi connectivity index (χ2v) is 4.85. The number of esters is 2. The fourth-order valence-electron chi connectivity index (χ4n) is 2.82. The molecule has 3 rings (SSSR count). The maximum Gasteiger partial charge on any atom is 0.350 e. The van der Waals surface area contributed by atoms with Gasteiger partial charge in [0, 0.05) is 16.8 Å². The van der Waals surface area contributed by atoms with Crippen LogP contribution in [0.25, 0.3) is 10.8 Å². The number of aryl methyl sites for hydroxylation is 1. The van der Waals surface area contributed by atoms with Crippen molar-refractivity contribution in [3.63, 3.8) is 0 Å². The van der Waals surface area contributed by atoms with E-state index in [0.717, 1.165) is 5.56 Å². The van der Waals surface area contributed by atoms with Crippen LogP contribution in [0.4, 0.5) is 0 Å². The number of hydrogen-bond acceptors (Lipinski definition) is 6. The van der Waals surface area contributed by atoms with E-state index in [1.165, 1.54) is 21.3 Å². The van der Waals surface area contributed by atoms with Crippen molar-refractivity contribution < 1.29 is 28.5 Å². The molecule has 0 aliphatic carbocycles. The van der Waals surface area contributed by atoms with Gasteiger partial charge in [0.25, 0.3) is 0 Å². The summed E-state index contributed by atoms with van der Waals surface area (Å²) in [4.78, 5) is 24.3. The number of hydrogen-bond donors (Lipinski definition) is 0. The first-order valence-corrected chi connectivity index (χ1v) is 6.56. The summed E-state index contributed by atoms with van der Waals surface area (Å²) in [5, 5.41) is 1.11.